The molecule has 2 aromatic rings. The number of benzene rings is 1. The summed E-state index contributed by atoms with van der Waals surface area (Å²) in [5.41, 5.74) is 0.609. The molecule has 1 aromatic heterocycles. The summed E-state index contributed by atoms with van der Waals surface area (Å²) in [4.78, 5) is 71.0. The standard InChI is InChI=1S/C47H68FN9O11S/c1-2-43(61)57-20-7-12-36(32-57)68-45-37(48)31-52-46(56-45)53-34-10-5-11-35(30-34)67-29-28-65-23-19-51-42(60)16-6-15-41(59)50-18-9-22-64-25-27-66-26-24-63-21-8-17-49-40(58)14-4-3-13-39-44-38(33-69-39)54-47(62)55-44/h2,5,10-11,13,30-31,36,38,44H,1,3-4,6-9,12,14-29,32-33H2,(H,49,58)(H,50,59)(H,51,60)(H,52,53,56)(H2,54,55,62). The molecule has 3 saturated heterocycles. The van der Waals surface area contributed by atoms with Gasteiger partial charge >= 0.3 is 6.03 Å². The molecular weight excluding hydrogens is 918 g/mol. The van der Waals surface area contributed by atoms with Crippen LogP contribution in [0.3, 0.4) is 0 Å². The molecular formula is C47H68FN9O11S. The number of carbonyl (C=O) groups excluding carboxylic acids is 5. The molecule has 5 rings (SSSR count). The number of halogens is 1. The molecule has 6 amide bonds. The van der Waals surface area contributed by atoms with Crippen LogP contribution in [0.25, 0.3) is 0 Å². The van der Waals surface area contributed by atoms with Crippen molar-refractivity contribution in [2.24, 2.45) is 0 Å². The molecule has 380 valence electrons. The first-order chi connectivity index (χ1) is 33.7. The number of hydrogen-bond donors (Lipinski definition) is 6. The molecule has 69 heavy (non-hydrogen) atoms. The summed E-state index contributed by atoms with van der Waals surface area (Å²) in [6, 6.07) is 7.20. The molecule has 0 saturated carbocycles. The number of aromatic nitrogens is 2. The van der Waals surface area contributed by atoms with Crippen LogP contribution in [0.4, 0.5) is 20.8 Å². The van der Waals surface area contributed by atoms with Crippen LogP contribution >= 0.6 is 11.8 Å². The highest BCUT2D eigenvalue weighted by Crippen LogP contribution is 2.34. The number of piperidine rings is 1. The Morgan fingerprint density at radius 3 is 2.23 bits per heavy atom. The van der Waals surface area contributed by atoms with Crippen molar-refractivity contribution < 1.29 is 56.8 Å². The van der Waals surface area contributed by atoms with E-state index in [9.17, 15) is 28.4 Å². The predicted octanol–water partition coefficient (Wildman–Crippen LogP) is 3.51. The molecule has 3 atom stereocenters. The first kappa shape index (κ1) is 54.4. The summed E-state index contributed by atoms with van der Waals surface area (Å²) in [5.74, 6) is 0.221. The molecule has 4 heterocycles. The van der Waals surface area contributed by atoms with Gasteiger partial charge in [0.25, 0.3) is 5.88 Å². The lowest BCUT2D eigenvalue weighted by molar-refractivity contribution is -0.128. The molecule has 3 unspecified atom stereocenters. The number of urea groups is 1. The summed E-state index contributed by atoms with van der Waals surface area (Å²) < 4.78 is 48.4. The zero-order valence-corrected chi connectivity index (χ0v) is 40.1. The van der Waals surface area contributed by atoms with Gasteiger partial charge in [0.15, 0.2) is 0 Å². The normalized spacial score (nSPS) is 17.9. The maximum absolute atomic E-state index is 14.5. The molecule has 3 fully saturated rings. The van der Waals surface area contributed by atoms with Crippen LogP contribution in [-0.2, 0) is 38.1 Å². The van der Waals surface area contributed by atoms with Crippen molar-refractivity contribution in [2.45, 2.75) is 82.4 Å². The first-order valence-electron chi connectivity index (χ1n) is 23.8. The van der Waals surface area contributed by atoms with E-state index in [1.54, 1.807) is 40.9 Å². The second kappa shape index (κ2) is 31.6. The van der Waals surface area contributed by atoms with Crippen LogP contribution in [0.5, 0.6) is 11.6 Å². The van der Waals surface area contributed by atoms with Gasteiger partial charge in [-0.1, -0.05) is 18.7 Å². The van der Waals surface area contributed by atoms with Gasteiger partial charge < -0.3 is 65.2 Å². The van der Waals surface area contributed by atoms with E-state index in [2.05, 4.69) is 54.5 Å². The number of hydrogen-bond acceptors (Lipinski definition) is 15. The fourth-order valence-electron chi connectivity index (χ4n) is 7.32. The van der Waals surface area contributed by atoms with E-state index in [0.29, 0.717) is 116 Å². The molecule has 0 bridgehead atoms. The van der Waals surface area contributed by atoms with Crippen molar-refractivity contribution >= 4 is 53.1 Å². The Morgan fingerprint density at radius 2 is 1.51 bits per heavy atom. The van der Waals surface area contributed by atoms with Gasteiger partial charge in [-0.3, -0.25) is 19.2 Å². The predicted molar refractivity (Wildman–Crippen MR) is 257 cm³/mol. The van der Waals surface area contributed by atoms with Gasteiger partial charge in [-0.15, -0.1) is 11.8 Å². The van der Waals surface area contributed by atoms with E-state index in [-0.39, 0.29) is 79.6 Å². The van der Waals surface area contributed by atoms with E-state index in [0.717, 1.165) is 37.6 Å². The maximum Gasteiger partial charge on any atom is 0.315 e. The number of nitrogens with zero attached hydrogens (tertiary/aromatic N) is 3. The lowest BCUT2D eigenvalue weighted by atomic mass is 10.1. The lowest BCUT2D eigenvalue weighted by Crippen LogP contribution is -2.43. The van der Waals surface area contributed by atoms with Gasteiger partial charge in [0, 0.05) is 81.1 Å². The average molecular weight is 986 g/mol. The van der Waals surface area contributed by atoms with Crippen LogP contribution in [-0.4, -0.2) is 161 Å². The molecule has 1 aromatic carbocycles. The number of likely N-dealkylation sites (tertiary alicyclic amines) is 1. The lowest BCUT2D eigenvalue weighted by Gasteiger charge is -2.32. The molecule has 0 aliphatic carbocycles. The van der Waals surface area contributed by atoms with Gasteiger partial charge in [-0.25, -0.2) is 9.78 Å². The number of amides is 6. The second-order valence-electron chi connectivity index (χ2n) is 16.3. The van der Waals surface area contributed by atoms with Gasteiger partial charge in [-0.05, 0) is 63.2 Å². The Morgan fingerprint density at radius 1 is 0.841 bits per heavy atom. The fraction of sp³-hybridized carbons (Fsp3) is 0.596. The Bertz CT molecular complexity index is 1990. The van der Waals surface area contributed by atoms with E-state index in [4.69, 9.17) is 28.4 Å². The largest absolute Gasteiger partial charge is 0.491 e. The molecule has 6 N–H and O–H groups in total. The van der Waals surface area contributed by atoms with E-state index in [1.807, 2.05) is 0 Å². The van der Waals surface area contributed by atoms with Crippen LogP contribution < -0.4 is 41.4 Å². The van der Waals surface area contributed by atoms with E-state index >= 15 is 0 Å². The molecule has 0 spiro atoms. The van der Waals surface area contributed by atoms with Crippen molar-refractivity contribution in [3.8, 4) is 11.6 Å². The molecule has 20 nitrogen and oxygen atoms in total. The van der Waals surface area contributed by atoms with Crippen molar-refractivity contribution in [3.05, 3.63) is 59.9 Å². The molecule has 3 aliphatic heterocycles. The van der Waals surface area contributed by atoms with E-state index in [1.165, 1.54) is 11.0 Å². The SMILES string of the molecule is C=CC(=O)N1CCCC(Oc2nc(Nc3cccc(OCCOCCNC(=O)CCCC(=O)NCCCOCCOCCOCCCNC(=O)CCCC=C4SCC5NC(=O)NC45)c3)ncc2F)C1. The number of nitrogens with one attached hydrogen (secondary N) is 6. The number of unbranched alkanes of at least 4 members (excludes halogenated alkanes) is 1. The summed E-state index contributed by atoms with van der Waals surface area (Å²) in [6.07, 6.45) is 9.69. The summed E-state index contributed by atoms with van der Waals surface area (Å²) in [5, 5.41) is 17.4. The van der Waals surface area contributed by atoms with Gasteiger partial charge in [-0.2, -0.15) is 9.37 Å². The highest BCUT2D eigenvalue weighted by atomic mass is 32.2. The number of carbonyl (C=O) groups is 5. The fourth-order valence-corrected chi connectivity index (χ4v) is 8.61. The van der Waals surface area contributed by atoms with E-state index < -0.39 is 11.9 Å². The summed E-state index contributed by atoms with van der Waals surface area (Å²) >= 11 is 1.76. The molecule has 22 heteroatoms. The van der Waals surface area contributed by atoms with Gasteiger partial charge in [0.05, 0.1) is 64.5 Å². The van der Waals surface area contributed by atoms with Crippen LogP contribution in [0, 0.1) is 5.82 Å². The number of fused-ring (bicyclic) bond motifs is 1. The minimum Gasteiger partial charge on any atom is -0.491 e. The van der Waals surface area contributed by atoms with Crippen molar-refractivity contribution in [1.29, 1.82) is 0 Å². The zero-order chi connectivity index (χ0) is 48.9. The number of thioether (sulfide) groups is 1. The minimum absolute atomic E-state index is 0.0280. The number of anilines is 2. The maximum atomic E-state index is 14.5. The summed E-state index contributed by atoms with van der Waals surface area (Å²) in [7, 11) is 0. The van der Waals surface area contributed by atoms with Crippen LogP contribution in [0.1, 0.15) is 64.2 Å². The van der Waals surface area contributed by atoms with Gasteiger partial charge in [0.1, 0.15) is 18.5 Å². The Kier molecular flexibility index (Phi) is 24.9. The van der Waals surface area contributed by atoms with Crippen molar-refractivity contribution in [1.82, 2.24) is 41.5 Å². The Hall–Kier alpha value is -5.55. The average Bonchev–Trinajstić information content (AvgIpc) is 3.91. The van der Waals surface area contributed by atoms with Gasteiger partial charge in [0.2, 0.25) is 35.4 Å². The number of allylic oxidation sites excluding steroid dienone is 1. The Labute approximate surface area is 407 Å². The smallest absolute Gasteiger partial charge is 0.315 e. The summed E-state index contributed by atoms with van der Waals surface area (Å²) in [6.45, 7) is 9.43. The first-order valence-corrected chi connectivity index (χ1v) is 24.8. The quantitative estimate of drug-likeness (QED) is 0.0334. The highest BCUT2D eigenvalue weighted by molar-refractivity contribution is 8.03. The molecule has 3 aliphatic rings. The molecule has 0 radical (unpaired) electrons. The van der Waals surface area contributed by atoms with Crippen molar-refractivity contribution in [2.75, 3.05) is 103 Å². The van der Waals surface area contributed by atoms with Crippen molar-refractivity contribution in [3.63, 3.8) is 0 Å². The zero-order valence-electron chi connectivity index (χ0n) is 39.3. The third kappa shape index (κ3) is 21.3. The third-order valence-corrected chi connectivity index (χ3v) is 12.1. The minimum atomic E-state index is -0.706. The number of ether oxygens (including phenoxy) is 6. The third-order valence-electron chi connectivity index (χ3n) is 10.8. The topological polar surface area (TPSA) is 242 Å². The van der Waals surface area contributed by atoms with Crippen LogP contribution in [0.15, 0.2) is 54.1 Å². The second-order valence-corrected chi connectivity index (χ2v) is 17.4. The number of rotatable bonds is 34. The monoisotopic (exact) mass is 985 g/mol. The highest BCUT2D eigenvalue weighted by Gasteiger charge is 2.39. The van der Waals surface area contributed by atoms with Crippen LogP contribution in [0.2, 0.25) is 0 Å². The Balaban J connectivity index is 0.756.